The zero-order valence-corrected chi connectivity index (χ0v) is 31.2. The molecule has 0 spiro atoms. The van der Waals surface area contributed by atoms with E-state index in [1.165, 1.54) is 6.20 Å². The predicted octanol–water partition coefficient (Wildman–Crippen LogP) is 8.75. The molecule has 5 aromatic carbocycles. The summed E-state index contributed by atoms with van der Waals surface area (Å²) < 4.78 is 5.05. The van der Waals surface area contributed by atoms with Crippen LogP contribution in [0.15, 0.2) is 152 Å². The van der Waals surface area contributed by atoms with Crippen LogP contribution in [0.4, 0.5) is 0 Å². The van der Waals surface area contributed by atoms with Gasteiger partial charge in [0, 0.05) is 31.6 Å². The minimum Gasteiger partial charge on any atom is -0.618 e. The van der Waals surface area contributed by atoms with E-state index in [2.05, 4.69) is 137 Å². The molecule has 9 nitrogen and oxygen atoms in total. The summed E-state index contributed by atoms with van der Waals surface area (Å²) in [6, 6.07) is 48.3. The molecule has 3 heterocycles. The van der Waals surface area contributed by atoms with Crippen LogP contribution >= 0.6 is 0 Å². The van der Waals surface area contributed by atoms with Gasteiger partial charge < -0.3 is 9.77 Å². The standard InChI is InChI=1S/C46H42N8O/c1-4-5-25-43-48-42(44-34(3)53(55)30-33(2)47-44)32-52(43)31-35-26-28-36(29-27-35)40-23-15-16-24-41(40)45-49-50-51-54(45)46(37-17-9-6-10-18-37,38-19-11-7-12-20-38)39-21-13-8-14-22-39/h6-24,26-30,32H,4-5,25,31H2,1-3H3. The third-order valence-corrected chi connectivity index (χ3v) is 10.3. The molecule has 8 rings (SSSR count). The van der Waals surface area contributed by atoms with Crippen molar-refractivity contribution in [3.8, 4) is 33.9 Å². The van der Waals surface area contributed by atoms with Crippen LogP contribution in [0.5, 0.6) is 0 Å². The molecule has 0 bridgehead atoms. The number of aromatic nitrogens is 8. The highest BCUT2D eigenvalue weighted by Crippen LogP contribution is 2.43. The molecule has 55 heavy (non-hydrogen) atoms. The van der Waals surface area contributed by atoms with Gasteiger partial charge in [0.15, 0.2) is 11.5 Å². The molecule has 0 amide bonds. The number of hydrogen-bond donors (Lipinski definition) is 0. The molecule has 9 heteroatoms. The van der Waals surface area contributed by atoms with Crippen molar-refractivity contribution in [1.82, 2.24) is 34.7 Å². The fourth-order valence-electron chi connectivity index (χ4n) is 7.54. The number of hydrogen-bond acceptors (Lipinski definition) is 6. The highest BCUT2D eigenvalue weighted by molar-refractivity contribution is 5.81. The Morgan fingerprint density at radius 2 is 1.27 bits per heavy atom. The van der Waals surface area contributed by atoms with Crippen molar-refractivity contribution in [2.45, 2.75) is 52.1 Å². The van der Waals surface area contributed by atoms with Gasteiger partial charge >= 0.3 is 0 Å². The summed E-state index contributed by atoms with van der Waals surface area (Å²) in [6.45, 7) is 6.45. The number of rotatable bonds is 12. The Morgan fingerprint density at radius 1 is 0.691 bits per heavy atom. The van der Waals surface area contributed by atoms with Crippen molar-refractivity contribution in [3.05, 3.63) is 197 Å². The van der Waals surface area contributed by atoms with Crippen LogP contribution in [0.2, 0.25) is 0 Å². The molecule has 0 fully saturated rings. The average molecular weight is 723 g/mol. The molecular weight excluding hydrogens is 681 g/mol. The average Bonchev–Trinajstić information content (AvgIpc) is 3.88. The number of imidazole rings is 1. The van der Waals surface area contributed by atoms with Crippen molar-refractivity contribution >= 4 is 0 Å². The molecule has 272 valence electrons. The molecule has 0 saturated carbocycles. The molecular formula is C46H42N8O. The largest absolute Gasteiger partial charge is 0.618 e. The molecule has 0 N–H and O–H groups in total. The fourth-order valence-corrected chi connectivity index (χ4v) is 7.54. The summed E-state index contributed by atoms with van der Waals surface area (Å²) in [5.41, 5.74) is 8.95. The third-order valence-electron chi connectivity index (χ3n) is 10.3. The van der Waals surface area contributed by atoms with Gasteiger partial charge in [-0.1, -0.05) is 153 Å². The molecule has 3 aromatic heterocycles. The maximum absolute atomic E-state index is 12.5. The lowest BCUT2D eigenvalue weighted by molar-refractivity contribution is -0.612. The van der Waals surface area contributed by atoms with Gasteiger partial charge in [-0.05, 0) is 57.2 Å². The third kappa shape index (κ3) is 6.69. The summed E-state index contributed by atoms with van der Waals surface area (Å²) in [6.07, 6.45) is 6.45. The van der Waals surface area contributed by atoms with E-state index in [9.17, 15) is 5.21 Å². The summed E-state index contributed by atoms with van der Waals surface area (Å²) in [4.78, 5) is 9.66. The van der Waals surface area contributed by atoms with Crippen molar-refractivity contribution in [2.75, 3.05) is 0 Å². The smallest absolute Gasteiger partial charge is 0.217 e. The minimum absolute atomic E-state index is 0.542. The topological polar surface area (TPSA) is 101 Å². The zero-order valence-electron chi connectivity index (χ0n) is 31.2. The Labute approximate surface area is 321 Å². The lowest BCUT2D eigenvalue weighted by Gasteiger charge is -2.36. The van der Waals surface area contributed by atoms with E-state index >= 15 is 0 Å². The number of benzene rings is 5. The van der Waals surface area contributed by atoms with Crippen LogP contribution in [0, 0.1) is 19.1 Å². The monoisotopic (exact) mass is 722 g/mol. The van der Waals surface area contributed by atoms with Gasteiger partial charge in [-0.2, -0.15) is 4.73 Å². The SMILES string of the molecule is CCCCc1nc(-c2nc(C)c[n+]([O-])c2C)cn1Cc1ccc(-c2ccccc2-c2nnnn2C(c2ccccc2)(c2ccccc2)c2ccccc2)cc1. The second kappa shape index (κ2) is 15.3. The Morgan fingerprint density at radius 3 is 1.87 bits per heavy atom. The molecule has 0 aliphatic carbocycles. The van der Waals surface area contributed by atoms with Crippen LogP contribution in [0.25, 0.3) is 33.9 Å². The van der Waals surface area contributed by atoms with Gasteiger partial charge in [-0.25, -0.2) is 14.6 Å². The van der Waals surface area contributed by atoms with Crippen molar-refractivity contribution in [1.29, 1.82) is 0 Å². The molecule has 0 unspecified atom stereocenters. The quantitative estimate of drug-likeness (QED) is 0.0710. The van der Waals surface area contributed by atoms with Crippen LogP contribution < -0.4 is 4.73 Å². The summed E-state index contributed by atoms with van der Waals surface area (Å²) in [5, 5.41) is 26.4. The number of nitrogens with zero attached hydrogens (tertiary/aromatic N) is 8. The number of tetrazole rings is 1. The molecule has 0 radical (unpaired) electrons. The highest BCUT2D eigenvalue weighted by Gasteiger charge is 2.42. The van der Waals surface area contributed by atoms with E-state index in [1.807, 2.05) is 42.1 Å². The molecule has 0 aliphatic rings. The Kier molecular flexibility index (Phi) is 9.83. The van der Waals surface area contributed by atoms with E-state index in [4.69, 9.17) is 15.3 Å². The first-order valence-electron chi connectivity index (χ1n) is 18.7. The first-order valence-corrected chi connectivity index (χ1v) is 18.7. The fraction of sp³-hybridized carbons (Fsp3) is 0.174. The lowest BCUT2D eigenvalue weighted by Crippen LogP contribution is -2.39. The molecule has 8 aromatic rings. The molecule has 0 aliphatic heterocycles. The van der Waals surface area contributed by atoms with E-state index in [0.717, 1.165) is 74.5 Å². The Balaban J connectivity index is 1.19. The van der Waals surface area contributed by atoms with E-state index in [0.29, 0.717) is 29.5 Å². The van der Waals surface area contributed by atoms with E-state index < -0.39 is 5.54 Å². The Hall–Kier alpha value is -6.74. The van der Waals surface area contributed by atoms with Crippen molar-refractivity contribution in [2.24, 2.45) is 0 Å². The minimum atomic E-state index is -0.862. The second-order valence-corrected chi connectivity index (χ2v) is 13.9. The van der Waals surface area contributed by atoms with Crippen LogP contribution in [0.3, 0.4) is 0 Å². The van der Waals surface area contributed by atoms with Gasteiger partial charge in [-0.3, -0.25) is 0 Å². The first-order chi connectivity index (χ1) is 27.0. The second-order valence-electron chi connectivity index (χ2n) is 13.9. The van der Waals surface area contributed by atoms with Gasteiger partial charge in [0.05, 0.1) is 0 Å². The highest BCUT2D eigenvalue weighted by atomic mass is 16.5. The zero-order chi connectivity index (χ0) is 37.8. The number of aryl methyl sites for hydroxylation is 2. The van der Waals surface area contributed by atoms with Gasteiger partial charge in [0.2, 0.25) is 11.9 Å². The molecule has 0 saturated heterocycles. The summed E-state index contributed by atoms with van der Waals surface area (Å²) >= 11 is 0. The van der Waals surface area contributed by atoms with Gasteiger partial charge in [-0.15, -0.1) is 5.10 Å². The normalized spacial score (nSPS) is 11.5. The summed E-state index contributed by atoms with van der Waals surface area (Å²) in [5.74, 6) is 1.64. The maximum Gasteiger partial charge on any atom is 0.217 e. The summed E-state index contributed by atoms with van der Waals surface area (Å²) in [7, 11) is 0. The van der Waals surface area contributed by atoms with Crippen LogP contribution in [0.1, 0.15) is 59.2 Å². The first kappa shape index (κ1) is 35.3. The Bertz CT molecular complexity index is 2430. The van der Waals surface area contributed by atoms with Gasteiger partial charge in [0.1, 0.15) is 22.8 Å². The van der Waals surface area contributed by atoms with Crippen LogP contribution in [-0.4, -0.2) is 34.7 Å². The predicted molar refractivity (Wildman–Crippen MR) is 215 cm³/mol. The number of unbranched alkanes of at least 4 members (excludes halogenated alkanes) is 1. The maximum atomic E-state index is 12.5. The van der Waals surface area contributed by atoms with Crippen molar-refractivity contribution in [3.63, 3.8) is 0 Å². The van der Waals surface area contributed by atoms with E-state index in [1.54, 1.807) is 6.92 Å². The van der Waals surface area contributed by atoms with E-state index in [-0.39, 0.29) is 0 Å². The molecule has 0 atom stereocenters. The van der Waals surface area contributed by atoms with Crippen molar-refractivity contribution < 1.29 is 4.73 Å². The lowest BCUT2D eigenvalue weighted by atomic mass is 9.77. The van der Waals surface area contributed by atoms with Crippen LogP contribution in [-0.2, 0) is 18.5 Å². The van der Waals surface area contributed by atoms with Gasteiger partial charge in [0.25, 0.3) is 0 Å².